The first kappa shape index (κ1) is 17.7. The van der Waals surface area contributed by atoms with Gasteiger partial charge in [0.1, 0.15) is 5.82 Å². The lowest BCUT2D eigenvalue weighted by atomic mass is 10.1. The quantitative estimate of drug-likeness (QED) is 0.671. The number of hydrogen-bond acceptors (Lipinski definition) is 5. The summed E-state index contributed by atoms with van der Waals surface area (Å²) < 4.78 is 4.39. The Kier molecular flexibility index (Phi) is 5.86. The second-order valence-corrected chi connectivity index (χ2v) is 6.88. The van der Waals surface area contributed by atoms with Crippen LogP contribution in [0.4, 0.5) is 5.13 Å². The summed E-state index contributed by atoms with van der Waals surface area (Å²) in [5.74, 6) is 1.91. The number of nitrogens with one attached hydrogen (secondary N) is 1. The third kappa shape index (κ3) is 4.28. The fourth-order valence-corrected chi connectivity index (χ4v) is 3.74. The van der Waals surface area contributed by atoms with E-state index in [1.54, 1.807) is 0 Å². The van der Waals surface area contributed by atoms with Crippen LogP contribution in [0, 0.1) is 6.92 Å². The molecule has 0 unspecified atom stereocenters. The van der Waals surface area contributed by atoms with E-state index < -0.39 is 0 Å². The zero-order valence-electron chi connectivity index (χ0n) is 15.2. The molecular formula is C18H26N6S. The summed E-state index contributed by atoms with van der Waals surface area (Å²) in [6.07, 6.45) is 0.895. The molecule has 2 aromatic rings. The van der Waals surface area contributed by atoms with Gasteiger partial charge in [0.2, 0.25) is 5.13 Å². The number of hydrogen-bond donors (Lipinski definition) is 1. The highest BCUT2D eigenvalue weighted by Crippen LogP contribution is 2.19. The molecule has 0 atom stereocenters. The van der Waals surface area contributed by atoms with Gasteiger partial charge in [-0.15, -0.1) is 0 Å². The predicted molar refractivity (Wildman–Crippen MR) is 104 cm³/mol. The lowest BCUT2D eigenvalue weighted by Crippen LogP contribution is -2.52. The lowest BCUT2D eigenvalue weighted by Gasteiger charge is -2.36. The molecule has 0 radical (unpaired) electrons. The van der Waals surface area contributed by atoms with Crippen molar-refractivity contribution in [2.24, 2.45) is 4.99 Å². The highest BCUT2D eigenvalue weighted by atomic mass is 32.1. The minimum atomic E-state index is 0.801. The second-order valence-electron chi connectivity index (χ2n) is 6.15. The van der Waals surface area contributed by atoms with Crippen LogP contribution in [0.1, 0.15) is 23.9 Å². The molecule has 3 rings (SSSR count). The van der Waals surface area contributed by atoms with Gasteiger partial charge in [-0.1, -0.05) is 31.2 Å². The molecule has 0 spiro atoms. The van der Waals surface area contributed by atoms with Crippen molar-refractivity contribution >= 4 is 22.6 Å². The zero-order valence-corrected chi connectivity index (χ0v) is 16.0. The van der Waals surface area contributed by atoms with Gasteiger partial charge >= 0.3 is 0 Å². The Morgan fingerprint density at radius 2 is 2.00 bits per heavy atom. The van der Waals surface area contributed by atoms with Crippen LogP contribution >= 0.6 is 11.5 Å². The fraction of sp³-hybridized carbons (Fsp3) is 0.500. The maximum Gasteiger partial charge on any atom is 0.205 e. The molecule has 0 saturated carbocycles. The SMILES string of the molecule is CCc1nsc(N2CCN(C(=NC)NCc3ccccc3C)CC2)n1. The largest absolute Gasteiger partial charge is 0.352 e. The van der Waals surface area contributed by atoms with Crippen LogP contribution in [0.2, 0.25) is 0 Å². The van der Waals surface area contributed by atoms with Gasteiger partial charge in [0.25, 0.3) is 0 Å². The third-order valence-electron chi connectivity index (χ3n) is 4.53. The molecule has 1 aliphatic heterocycles. The minimum Gasteiger partial charge on any atom is -0.352 e. The molecular weight excluding hydrogens is 332 g/mol. The number of benzene rings is 1. The molecule has 1 aromatic carbocycles. The van der Waals surface area contributed by atoms with Crippen LogP contribution < -0.4 is 10.2 Å². The van der Waals surface area contributed by atoms with Crippen molar-refractivity contribution in [2.75, 3.05) is 38.1 Å². The van der Waals surface area contributed by atoms with Crippen molar-refractivity contribution in [3.8, 4) is 0 Å². The van der Waals surface area contributed by atoms with Gasteiger partial charge in [-0.2, -0.15) is 4.37 Å². The van der Waals surface area contributed by atoms with E-state index in [1.807, 2.05) is 7.05 Å². The van der Waals surface area contributed by atoms with E-state index in [1.165, 1.54) is 22.7 Å². The standard InChI is InChI=1S/C18H26N6S/c1-4-16-21-18(25-22-16)24-11-9-23(10-12-24)17(19-3)20-13-15-8-6-5-7-14(15)2/h5-8H,4,9-13H2,1-3H3,(H,19,20). The van der Waals surface area contributed by atoms with Gasteiger partial charge in [-0.25, -0.2) is 4.98 Å². The third-order valence-corrected chi connectivity index (χ3v) is 5.35. The van der Waals surface area contributed by atoms with Crippen molar-refractivity contribution in [2.45, 2.75) is 26.8 Å². The van der Waals surface area contributed by atoms with Crippen LogP contribution in [0.15, 0.2) is 29.3 Å². The highest BCUT2D eigenvalue weighted by Gasteiger charge is 2.22. The summed E-state index contributed by atoms with van der Waals surface area (Å²) in [7, 11) is 1.85. The van der Waals surface area contributed by atoms with E-state index in [0.29, 0.717) is 0 Å². The van der Waals surface area contributed by atoms with E-state index in [2.05, 4.69) is 67.6 Å². The van der Waals surface area contributed by atoms with Crippen LogP contribution in [-0.4, -0.2) is 53.4 Å². The first-order valence-corrected chi connectivity index (χ1v) is 9.56. The highest BCUT2D eigenvalue weighted by molar-refractivity contribution is 7.09. The zero-order chi connectivity index (χ0) is 17.6. The second kappa shape index (κ2) is 8.29. The molecule has 1 aliphatic rings. The monoisotopic (exact) mass is 358 g/mol. The van der Waals surface area contributed by atoms with Gasteiger partial charge in [0.15, 0.2) is 5.96 Å². The Balaban J connectivity index is 1.54. The molecule has 6 nitrogen and oxygen atoms in total. The number of piperazine rings is 1. The number of nitrogens with zero attached hydrogens (tertiary/aromatic N) is 5. The molecule has 1 saturated heterocycles. The number of aliphatic imine (C=N–C) groups is 1. The summed E-state index contributed by atoms with van der Waals surface area (Å²) in [6.45, 7) is 8.81. The first-order chi connectivity index (χ1) is 12.2. The molecule has 134 valence electrons. The van der Waals surface area contributed by atoms with Crippen LogP contribution in [0.25, 0.3) is 0 Å². The molecule has 1 aromatic heterocycles. The Labute approximate surface area is 153 Å². The summed E-state index contributed by atoms with van der Waals surface area (Å²) in [5, 5.41) is 4.54. The maximum absolute atomic E-state index is 4.60. The van der Waals surface area contributed by atoms with Crippen molar-refractivity contribution in [3.63, 3.8) is 0 Å². The van der Waals surface area contributed by atoms with Crippen molar-refractivity contribution in [3.05, 3.63) is 41.2 Å². The fourth-order valence-electron chi connectivity index (χ4n) is 2.94. The Bertz CT molecular complexity index is 718. The number of guanidine groups is 1. The van der Waals surface area contributed by atoms with Gasteiger partial charge in [-0.05, 0) is 18.1 Å². The van der Waals surface area contributed by atoms with Crippen LogP contribution in [0.5, 0.6) is 0 Å². The molecule has 0 bridgehead atoms. The molecule has 2 heterocycles. The van der Waals surface area contributed by atoms with Crippen LogP contribution in [0.3, 0.4) is 0 Å². The normalized spacial score (nSPS) is 15.6. The Morgan fingerprint density at radius 1 is 1.24 bits per heavy atom. The van der Waals surface area contributed by atoms with E-state index in [4.69, 9.17) is 0 Å². The molecule has 7 heteroatoms. The predicted octanol–water partition coefficient (Wildman–Crippen LogP) is 2.31. The van der Waals surface area contributed by atoms with Crippen molar-refractivity contribution < 1.29 is 0 Å². The number of anilines is 1. The van der Waals surface area contributed by atoms with Gasteiger partial charge in [0.05, 0.1) is 0 Å². The average molecular weight is 359 g/mol. The van der Waals surface area contributed by atoms with E-state index in [-0.39, 0.29) is 0 Å². The maximum atomic E-state index is 4.60. The Hall–Kier alpha value is -2.15. The minimum absolute atomic E-state index is 0.801. The summed E-state index contributed by atoms with van der Waals surface area (Å²) in [6, 6.07) is 8.46. The van der Waals surface area contributed by atoms with Crippen molar-refractivity contribution in [1.82, 2.24) is 19.6 Å². The molecule has 0 aliphatic carbocycles. The van der Waals surface area contributed by atoms with Gasteiger partial charge in [-0.3, -0.25) is 4.99 Å². The topological polar surface area (TPSA) is 56.7 Å². The van der Waals surface area contributed by atoms with Gasteiger partial charge < -0.3 is 15.1 Å². The molecule has 1 N–H and O–H groups in total. The molecule has 0 amide bonds. The first-order valence-electron chi connectivity index (χ1n) is 8.79. The number of rotatable bonds is 4. The summed E-state index contributed by atoms with van der Waals surface area (Å²) in [4.78, 5) is 13.7. The van der Waals surface area contributed by atoms with E-state index >= 15 is 0 Å². The number of aromatic nitrogens is 2. The van der Waals surface area contributed by atoms with Gasteiger partial charge in [0, 0.05) is 57.7 Å². The molecule has 1 fully saturated rings. The smallest absolute Gasteiger partial charge is 0.205 e. The van der Waals surface area contributed by atoms with Crippen LogP contribution in [-0.2, 0) is 13.0 Å². The van der Waals surface area contributed by atoms with Crippen molar-refractivity contribution in [1.29, 1.82) is 0 Å². The summed E-state index contributed by atoms with van der Waals surface area (Å²) >= 11 is 1.51. The Morgan fingerprint density at radius 3 is 2.64 bits per heavy atom. The lowest BCUT2D eigenvalue weighted by molar-refractivity contribution is 0.372. The number of aryl methyl sites for hydroxylation is 2. The summed E-state index contributed by atoms with van der Waals surface area (Å²) in [5.41, 5.74) is 2.61. The molecule has 25 heavy (non-hydrogen) atoms. The van der Waals surface area contributed by atoms with E-state index in [9.17, 15) is 0 Å². The van der Waals surface area contributed by atoms with E-state index in [0.717, 1.165) is 56.1 Å². The average Bonchev–Trinajstić information content (AvgIpc) is 3.13.